The molecule has 0 saturated carbocycles. The van der Waals surface area contributed by atoms with Gasteiger partial charge in [0.25, 0.3) is 11.8 Å². The predicted molar refractivity (Wildman–Crippen MR) is 121 cm³/mol. The van der Waals surface area contributed by atoms with Crippen molar-refractivity contribution >= 4 is 11.6 Å². The largest absolute Gasteiger partial charge is 0.441 e. The number of carbonyl (C=O) groups excluding carboxylic acids is 1. The number of aromatic nitrogens is 2. The Morgan fingerprint density at radius 2 is 1.89 bits per heavy atom. The van der Waals surface area contributed by atoms with E-state index in [-0.39, 0.29) is 39.9 Å². The average molecular weight is 485 g/mol. The van der Waals surface area contributed by atoms with E-state index >= 15 is 0 Å². The minimum absolute atomic E-state index is 0.0547. The second-order valence-electron chi connectivity index (χ2n) is 7.65. The minimum Gasteiger partial charge on any atom is -0.441 e. The fourth-order valence-electron chi connectivity index (χ4n) is 3.37. The summed E-state index contributed by atoms with van der Waals surface area (Å²) in [5, 5.41) is 2.54. The Morgan fingerprint density at radius 1 is 1.09 bits per heavy atom. The fraction of sp³-hybridized carbons (Fsp3) is 0.160. The van der Waals surface area contributed by atoms with Crippen LogP contribution in [-0.2, 0) is 5.92 Å². The summed E-state index contributed by atoms with van der Waals surface area (Å²) in [5.74, 6) is -3.57. The molecule has 2 aromatic carbocycles. The van der Waals surface area contributed by atoms with Crippen LogP contribution in [0.2, 0.25) is 0 Å². The van der Waals surface area contributed by atoms with E-state index in [2.05, 4.69) is 20.0 Å². The SMILES string of the molecule is Cc1oc(-c2ccc(OC(F)F)c(-c3ccccn3)c2)nc1C(=O)Nc1cccc(C(C)(F)F)c1. The summed E-state index contributed by atoms with van der Waals surface area (Å²) in [4.78, 5) is 21.2. The van der Waals surface area contributed by atoms with Gasteiger partial charge in [-0.05, 0) is 49.4 Å². The molecule has 4 aromatic rings. The van der Waals surface area contributed by atoms with Gasteiger partial charge in [0, 0.05) is 35.5 Å². The molecule has 2 heterocycles. The van der Waals surface area contributed by atoms with Gasteiger partial charge in [0.05, 0.1) is 5.69 Å². The van der Waals surface area contributed by atoms with Crippen LogP contribution >= 0.6 is 0 Å². The first kappa shape index (κ1) is 23.9. The number of benzene rings is 2. The van der Waals surface area contributed by atoms with E-state index in [1.807, 2.05) is 0 Å². The lowest BCUT2D eigenvalue weighted by Gasteiger charge is -2.12. The Labute approximate surface area is 197 Å². The van der Waals surface area contributed by atoms with Gasteiger partial charge in [-0.25, -0.2) is 13.8 Å². The van der Waals surface area contributed by atoms with Crippen LogP contribution in [0.4, 0.5) is 23.2 Å². The van der Waals surface area contributed by atoms with Gasteiger partial charge >= 0.3 is 6.61 Å². The maximum atomic E-state index is 13.6. The molecule has 0 atom stereocenters. The third-order valence-corrected chi connectivity index (χ3v) is 5.02. The van der Waals surface area contributed by atoms with Gasteiger partial charge in [0.1, 0.15) is 11.5 Å². The van der Waals surface area contributed by atoms with Crippen LogP contribution in [0.3, 0.4) is 0 Å². The van der Waals surface area contributed by atoms with Crippen LogP contribution in [0.1, 0.15) is 28.7 Å². The van der Waals surface area contributed by atoms with Crippen LogP contribution < -0.4 is 10.1 Å². The second kappa shape index (κ2) is 9.57. The molecule has 2 aromatic heterocycles. The highest BCUT2D eigenvalue weighted by molar-refractivity contribution is 6.03. The molecule has 10 heteroatoms. The van der Waals surface area contributed by atoms with Gasteiger partial charge in [-0.15, -0.1) is 0 Å². The molecular formula is C25H19F4N3O3. The molecule has 0 aliphatic rings. The number of pyridine rings is 1. The zero-order valence-corrected chi connectivity index (χ0v) is 18.6. The second-order valence-corrected chi connectivity index (χ2v) is 7.65. The normalized spacial score (nSPS) is 11.5. The van der Waals surface area contributed by atoms with E-state index in [0.717, 1.165) is 6.92 Å². The molecule has 1 amide bonds. The summed E-state index contributed by atoms with van der Waals surface area (Å²) in [6.07, 6.45) is 1.51. The predicted octanol–water partition coefficient (Wildman–Crippen LogP) is 6.68. The van der Waals surface area contributed by atoms with Crippen molar-refractivity contribution in [2.75, 3.05) is 5.32 Å². The maximum absolute atomic E-state index is 13.6. The van der Waals surface area contributed by atoms with Crippen LogP contribution in [-0.4, -0.2) is 22.5 Å². The number of nitrogens with one attached hydrogen (secondary N) is 1. The van der Waals surface area contributed by atoms with Crippen molar-refractivity contribution in [2.24, 2.45) is 0 Å². The quantitative estimate of drug-likeness (QED) is 0.296. The number of hydrogen-bond donors (Lipinski definition) is 1. The van der Waals surface area contributed by atoms with E-state index in [0.29, 0.717) is 11.3 Å². The Morgan fingerprint density at radius 3 is 2.57 bits per heavy atom. The minimum atomic E-state index is -3.07. The van der Waals surface area contributed by atoms with Crippen LogP contribution in [0, 0.1) is 6.92 Å². The first-order valence-electron chi connectivity index (χ1n) is 10.4. The molecule has 4 rings (SSSR count). The zero-order chi connectivity index (χ0) is 25.2. The van der Waals surface area contributed by atoms with Crippen LogP contribution in [0.25, 0.3) is 22.7 Å². The first-order valence-corrected chi connectivity index (χ1v) is 10.4. The smallest absolute Gasteiger partial charge is 0.387 e. The van der Waals surface area contributed by atoms with Crippen molar-refractivity contribution in [1.82, 2.24) is 9.97 Å². The van der Waals surface area contributed by atoms with Crippen molar-refractivity contribution < 1.29 is 31.5 Å². The van der Waals surface area contributed by atoms with Crippen molar-refractivity contribution in [3.05, 3.63) is 83.9 Å². The monoisotopic (exact) mass is 485 g/mol. The molecular weight excluding hydrogens is 466 g/mol. The van der Waals surface area contributed by atoms with Gasteiger partial charge in [-0.1, -0.05) is 18.2 Å². The van der Waals surface area contributed by atoms with Crippen LogP contribution in [0.5, 0.6) is 5.75 Å². The number of halogens is 4. The number of anilines is 1. The number of hydrogen-bond acceptors (Lipinski definition) is 5. The molecule has 6 nitrogen and oxygen atoms in total. The molecule has 0 unspecified atom stereocenters. The highest BCUT2D eigenvalue weighted by Crippen LogP contribution is 2.35. The molecule has 0 fully saturated rings. The molecule has 1 N–H and O–H groups in total. The molecule has 0 saturated heterocycles. The topological polar surface area (TPSA) is 77.2 Å². The van der Waals surface area contributed by atoms with E-state index in [1.54, 1.807) is 18.2 Å². The van der Waals surface area contributed by atoms with E-state index in [9.17, 15) is 22.4 Å². The van der Waals surface area contributed by atoms with Crippen molar-refractivity contribution in [3.8, 4) is 28.5 Å². The number of ether oxygens (including phenoxy) is 1. The number of oxazole rings is 1. The zero-order valence-electron chi connectivity index (χ0n) is 18.6. The molecule has 35 heavy (non-hydrogen) atoms. The average Bonchev–Trinajstić information content (AvgIpc) is 3.21. The summed E-state index contributed by atoms with van der Waals surface area (Å²) in [6, 6.07) is 14.6. The Balaban J connectivity index is 1.65. The van der Waals surface area contributed by atoms with Gasteiger partial charge < -0.3 is 14.5 Å². The van der Waals surface area contributed by atoms with Crippen molar-refractivity contribution in [1.29, 1.82) is 0 Å². The lowest BCUT2D eigenvalue weighted by atomic mass is 10.1. The van der Waals surface area contributed by atoms with Gasteiger partial charge in [0.2, 0.25) is 5.89 Å². The van der Waals surface area contributed by atoms with E-state index < -0.39 is 18.4 Å². The Hall–Kier alpha value is -4.21. The molecule has 0 radical (unpaired) electrons. The van der Waals surface area contributed by atoms with Gasteiger partial charge in [-0.3, -0.25) is 9.78 Å². The summed E-state index contributed by atoms with van der Waals surface area (Å²) < 4.78 is 63.3. The highest BCUT2D eigenvalue weighted by atomic mass is 19.3. The lowest BCUT2D eigenvalue weighted by Crippen LogP contribution is -2.14. The number of aryl methyl sites for hydroxylation is 1. The fourth-order valence-corrected chi connectivity index (χ4v) is 3.37. The van der Waals surface area contributed by atoms with E-state index in [4.69, 9.17) is 4.42 Å². The standard InChI is InChI=1S/C25H19F4N3O3/c1-14-21(22(33)31-17-7-5-6-16(13-17)25(2,28)29)32-23(34-14)15-9-10-20(35-24(26)27)18(12-15)19-8-3-4-11-30-19/h3-13,24H,1-2H3,(H,31,33). The molecule has 0 aliphatic heterocycles. The molecule has 0 spiro atoms. The molecule has 0 bridgehead atoms. The van der Waals surface area contributed by atoms with Gasteiger partial charge in [0.15, 0.2) is 5.69 Å². The molecule has 180 valence electrons. The number of amides is 1. The third-order valence-electron chi connectivity index (χ3n) is 5.02. The number of alkyl halides is 4. The molecule has 0 aliphatic carbocycles. The van der Waals surface area contributed by atoms with Crippen LogP contribution in [0.15, 0.2) is 71.3 Å². The Bertz CT molecular complexity index is 1350. The summed E-state index contributed by atoms with van der Waals surface area (Å²) >= 11 is 0. The first-order chi connectivity index (χ1) is 16.6. The lowest BCUT2D eigenvalue weighted by molar-refractivity contribution is -0.0494. The summed E-state index contributed by atoms with van der Waals surface area (Å²) in [7, 11) is 0. The Kier molecular flexibility index (Phi) is 6.54. The number of nitrogens with zero attached hydrogens (tertiary/aromatic N) is 2. The third kappa shape index (κ3) is 5.48. The van der Waals surface area contributed by atoms with Gasteiger partial charge in [-0.2, -0.15) is 8.78 Å². The van der Waals surface area contributed by atoms with E-state index in [1.165, 1.54) is 55.6 Å². The number of rotatable bonds is 7. The van der Waals surface area contributed by atoms with Crippen molar-refractivity contribution in [3.63, 3.8) is 0 Å². The summed E-state index contributed by atoms with van der Waals surface area (Å²) in [5.41, 5.74) is 0.925. The highest BCUT2D eigenvalue weighted by Gasteiger charge is 2.25. The number of carbonyl (C=O) groups is 1. The van der Waals surface area contributed by atoms with Crippen molar-refractivity contribution in [2.45, 2.75) is 26.4 Å². The maximum Gasteiger partial charge on any atom is 0.387 e. The summed E-state index contributed by atoms with van der Waals surface area (Å²) in [6.45, 7) is -0.747.